The van der Waals surface area contributed by atoms with Crippen molar-refractivity contribution in [1.29, 1.82) is 0 Å². The Hall–Kier alpha value is -2.86. The second-order valence-corrected chi connectivity index (χ2v) is 5.13. The number of amides is 1. The Morgan fingerprint density at radius 3 is 2.70 bits per heavy atom. The molecule has 0 aliphatic rings. The summed E-state index contributed by atoms with van der Waals surface area (Å²) >= 11 is 5.88. The van der Waals surface area contributed by atoms with Crippen molar-refractivity contribution in [2.24, 2.45) is 0 Å². The van der Waals surface area contributed by atoms with E-state index < -0.39 is 0 Å². The zero-order valence-electron chi connectivity index (χ0n) is 12.0. The molecule has 0 unspecified atom stereocenters. The van der Waals surface area contributed by atoms with E-state index in [4.69, 9.17) is 16.0 Å². The van der Waals surface area contributed by atoms with E-state index in [9.17, 15) is 4.79 Å². The molecular weight excluding hydrogens is 316 g/mol. The first-order chi connectivity index (χ1) is 11.2. The van der Waals surface area contributed by atoms with Crippen molar-refractivity contribution in [2.45, 2.75) is 6.54 Å². The van der Waals surface area contributed by atoms with Crippen molar-refractivity contribution < 1.29 is 9.21 Å². The minimum atomic E-state index is -0.301. The van der Waals surface area contributed by atoms with Crippen LogP contribution in [0.25, 0.3) is 0 Å². The molecule has 1 aromatic carbocycles. The summed E-state index contributed by atoms with van der Waals surface area (Å²) in [7, 11) is 0. The molecule has 0 spiro atoms. The summed E-state index contributed by atoms with van der Waals surface area (Å²) in [5.41, 5.74) is 0.969. The fourth-order valence-corrected chi connectivity index (χ4v) is 2.08. The number of hydrogen-bond donors (Lipinski definition) is 2. The Labute approximate surface area is 137 Å². The molecule has 0 atom stereocenters. The summed E-state index contributed by atoms with van der Waals surface area (Å²) in [6, 6.07) is 10.6. The Bertz CT molecular complexity index is 788. The van der Waals surface area contributed by atoms with Gasteiger partial charge in [0.15, 0.2) is 0 Å². The fraction of sp³-hybridized carbons (Fsp3) is 0.0625. The van der Waals surface area contributed by atoms with Gasteiger partial charge in [0.2, 0.25) is 5.95 Å². The van der Waals surface area contributed by atoms with E-state index >= 15 is 0 Å². The zero-order valence-corrected chi connectivity index (χ0v) is 12.7. The number of nitrogens with one attached hydrogen (secondary N) is 2. The highest BCUT2D eigenvalue weighted by Gasteiger charge is 2.08. The zero-order chi connectivity index (χ0) is 16.1. The molecule has 0 aliphatic heterocycles. The van der Waals surface area contributed by atoms with E-state index in [0.717, 1.165) is 5.76 Å². The lowest BCUT2D eigenvalue weighted by molar-refractivity contribution is 0.102. The molecule has 23 heavy (non-hydrogen) atoms. The molecule has 2 N–H and O–H groups in total. The van der Waals surface area contributed by atoms with Gasteiger partial charge in [0, 0.05) is 23.1 Å². The van der Waals surface area contributed by atoms with Gasteiger partial charge in [-0.2, -0.15) is 0 Å². The lowest BCUT2D eigenvalue weighted by atomic mass is 10.3. The quantitative estimate of drug-likeness (QED) is 0.748. The van der Waals surface area contributed by atoms with E-state index in [-0.39, 0.29) is 5.91 Å². The van der Waals surface area contributed by atoms with Gasteiger partial charge >= 0.3 is 0 Å². The molecule has 2 heterocycles. The normalized spacial score (nSPS) is 10.3. The van der Waals surface area contributed by atoms with Crippen LogP contribution in [0.5, 0.6) is 0 Å². The number of carbonyl (C=O) groups excluding carboxylic acids is 1. The number of nitrogens with zero attached hydrogens (tertiary/aromatic N) is 2. The molecule has 2 aromatic heterocycles. The molecule has 0 saturated heterocycles. The van der Waals surface area contributed by atoms with Gasteiger partial charge in [-0.25, -0.2) is 9.97 Å². The SMILES string of the molecule is O=C(Nc1cccc(Cl)c1)c1cnc(NCc2ccco2)nc1. The summed E-state index contributed by atoms with van der Waals surface area (Å²) in [5.74, 6) is 0.891. The summed E-state index contributed by atoms with van der Waals surface area (Å²) in [6.45, 7) is 0.473. The highest BCUT2D eigenvalue weighted by atomic mass is 35.5. The van der Waals surface area contributed by atoms with E-state index in [0.29, 0.717) is 28.8 Å². The predicted molar refractivity (Wildman–Crippen MR) is 87.5 cm³/mol. The molecule has 6 nitrogen and oxygen atoms in total. The first-order valence-corrected chi connectivity index (χ1v) is 7.24. The summed E-state index contributed by atoms with van der Waals surface area (Å²) in [6.07, 6.45) is 4.51. The van der Waals surface area contributed by atoms with Crippen LogP contribution in [-0.4, -0.2) is 15.9 Å². The maximum atomic E-state index is 12.1. The maximum absolute atomic E-state index is 12.1. The topological polar surface area (TPSA) is 80.0 Å². The molecule has 0 fully saturated rings. The Balaban J connectivity index is 1.61. The van der Waals surface area contributed by atoms with Gasteiger partial charge in [-0.15, -0.1) is 0 Å². The van der Waals surface area contributed by atoms with Gasteiger partial charge in [0.25, 0.3) is 5.91 Å². The second-order valence-electron chi connectivity index (χ2n) is 4.69. The maximum Gasteiger partial charge on any atom is 0.258 e. The van der Waals surface area contributed by atoms with Gasteiger partial charge in [-0.3, -0.25) is 4.79 Å². The first kappa shape index (κ1) is 15.1. The molecule has 3 aromatic rings. The average Bonchev–Trinajstić information content (AvgIpc) is 3.07. The number of rotatable bonds is 5. The lowest BCUT2D eigenvalue weighted by Crippen LogP contribution is -2.13. The third-order valence-electron chi connectivity index (χ3n) is 3.00. The Kier molecular flexibility index (Phi) is 4.54. The highest BCUT2D eigenvalue weighted by Crippen LogP contribution is 2.15. The summed E-state index contributed by atoms with van der Waals surface area (Å²) in [4.78, 5) is 20.3. The number of hydrogen-bond acceptors (Lipinski definition) is 5. The van der Waals surface area contributed by atoms with Crippen LogP contribution >= 0.6 is 11.6 Å². The minimum absolute atomic E-state index is 0.301. The van der Waals surface area contributed by atoms with Crippen molar-refractivity contribution in [3.63, 3.8) is 0 Å². The van der Waals surface area contributed by atoms with Crippen molar-refractivity contribution in [1.82, 2.24) is 9.97 Å². The molecule has 0 radical (unpaired) electrons. The van der Waals surface area contributed by atoms with Crippen LogP contribution in [-0.2, 0) is 6.54 Å². The van der Waals surface area contributed by atoms with E-state index in [1.54, 1.807) is 36.6 Å². The van der Waals surface area contributed by atoms with Gasteiger partial charge in [0.1, 0.15) is 5.76 Å². The highest BCUT2D eigenvalue weighted by molar-refractivity contribution is 6.30. The molecule has 0 bridgehead atoms. The van der Waals surface area contributed by atoms with Gasteiger partial charge < -0.3 is 15.1 Å². The van der Waals surface area contributed by atoms with E-state index in [1.807, 2.05) is 6.07 Å². The number of aromatic nitrogens is 2. The predicted octanol–water partition coefficient (Wildman–Crippen LogP) is 3.59. The third kappa shape index (κ3) is 4.08. The molecule has 3 rings (SSSR count). The van der Waals surface area contributed by atoms with Crippen LogP contribution in [0.1, 0.15) is 16.1 Å². The van der Waals surface area contributed by atoms with E-state index in [1.165, 1.54) is 12.4 Å². The molecule has 7 heteroatoms. The van der Waals surface area contributed by atoms with Gasteiger partial charge in [0.05, 0.1) is 18.4 Å². The molecule has 0 aliphatic carbocycles. The van der Waals surface area contributed by atoms with Gasteiger partial charge in [-0.1, -0.05) is 17.7 Å². The summed E-state index contributed by atoms with van der Waals surface area (Å²) in [5, 5.41) is 6.29. The molecule has 1 amide bonds. The number of halogens is 1. The fourth-order valence-electron chi connectivity index (χ4n) is 1.89. The van der Waals surface area contributed by atoms with Crippen molar-refractivity contribution in [3.8, 4) is 0 Å². The van der Waals surface area contributed by atoms with E-state index in [2.05, 4.69) is 20.6 Å². The molecular formula is C16H13ClN4O2. The standard InChI is InChI=1S/C16H13ClN4O2/c17-12-3-1-4-13(7-12)21-15(22)11-8-18-16(19-9-11)20-10-14-5-2-6-23-14/h1-9H,10H2,(H,21,22)(H,18,19,20). The smallest absolute Gasteiger partial charge is 0.258 e. The van der Waals surface area contributed by atoms with Crippen LogP contribution in [0.3, 0.4) is 0 Å². The lowest BCUT2D eigenvalue weighted by Gasteiger charge is -2.06. The average molecular weight is 329 g/mol. The van der Waals surface area contributed by atoms with Crippen LogP contribution < -0.4 is 10.6 Å². The second kappa shape index (κ2) is 6.93. The monoisotopic (exact) mass is 328 g/mol. The van der Waals surface area contributed by atoms with Crippen molar-refractivity contribution in [2.75, 3.05) is 10.6 Å². The van der Waals surface area contributed by atoms with Gasteiger partial charge in [-0.05, 0) is 30.3 Å². The first-order valence-electron chi connectivity index (χ1n) is 6.86. The summed E-state index contributed by atoms with van der Waals surface area (Å²) < 4.78 is 5.20. The largest absolute Gasteiger partial charge is 0.467 e. The van der Waals surface area contributed by atoms with Crippen molar-refractivity contribution in [3.05, 3.63) is 71.4 Å². The van der Waals surface area contributed by atoms with Crippen LogP contribution in [0.15, 0.2) is 59.5 Å². The van der Waals surface area contributed by atoms with Crippen molar-refractivity contribution >= 4 is 29.1 Å². The number of anilines is 2. The number of benzene rings is 1. The molecule has 0 saturated carbocycles. The Morgan fingerprint density at radius 1 is 1.17 bits per heavy atom. The van der Waals surface area contributed by atoms with Crippen LogP contribution in [0.2, 0.25) is 5.02 Å². The van der Waals surface area contributed by atoms with Crippen LogP contribution in [0, 0.1) is 0 Å². The number of furan rings is 1. The number of carbonyl (C=O) groups is 1. The van der Waals surface area contributed by atoms with Crippen LogP contribution in [0.4, 0.5) is 11.6 Å². The third-order valence-corrected chi connectivity index (χ3v) is 3.23. The minimum Gasteiger partial charge on any atom is -0.467 e. The Morgan fingerprint density at radius 2 is 2.00 bits per heavy atom. The molecule has 116 valence electrons.